The molecule has 70 heavy (non-hydrogen) atoms. The lowest BCUT2D eigenvalue weighted by Crippen LogP contribution is -2.30. The minimum Gasteiger partial charge on any atom is -0.462 e. The van der Waals surface area contributed by atoms with Gasteiger partial charge in [0.15, 0.2) is 6.10 Å². The van der Waals surface area contributed by atoms with Crippen molar-refractivity contribution in [3.63, 3.8) is 0 Å². The number of phosphoric ester groups is 1. The van der Waals surface area contributed by atoms with Gasteiger partial charge in [-0.05, 0) is 44.9 Å². The molecule has 0 bridgehead atoms. The summed E-state index contributed by atoms with van der Waals surface area (Å²) in [4.78, 5) is 48.5. The van der Waals surface area contributed by atoms with E-state index < -0.39 is 57.8 Å². The Morgan fingerprint density at radius 1 is 0.386 bits per heavy atom. The molecule has 11 nitrogen and oxygen atoms in total. The SMILES string of the molecule is CCCCCC/C=C\CCCCCCCC(=O)OC(CO)COP(=O)(O)OCC(COC(=O)CCCCCCCCCCCCCCC)OC(=O)CCCCCCCCCCCCCCCCCCC. The number of ether oxygens (including phenoxy) is 3. The fourth-order valence-corrected chi connectivity index (χ4v) is 9.43. The summed E-state index contributed by atoms with van der Waals surface area (Å²) in [5.74, 6) is -1.44. The number of carbonyl (C=O) groups excluding carboxylic acids is 3. The maximum atomic E-state index is 12.9. The van der Waals surface area contributed by atoms with Gasteiger partial charge in [-0.3, -0.25) is 23.4 Å². The molecule has 0 saturated carbocycles. The minimum atomic E-state index is -4.74. The van der Waals surface area contributed by atoms with Gasteiger partial charge in [0.1, 0.15) is 12.7 Å². The number of allylic oxidation sites excluding steroid dienone is 2. The number of hydrogen-bond donors (Lipinski definition) is 2. The fourth-order valence-electron chi connectivity index (χ4n) is 8.65. The summed E-state index contributed by atoms with van der Waals surface area (Å²) in [7, 11) is -4.74. The van der Waals surface area contributed by atoms with Gasteiger partial charge in [0.2, 0.25) is 0 Å². The third-order valence-electron chi connectivity index (χ3n) is 13.2. The number of rotatable bonds is 56. The van der Waals surface area contributed by atoms with Crippen LogP contribution in [0.1, 0.15) is 303 Å². The average Bonchev–Trinajstić information content (AvgIpc) is 3.35. The van der Waals surface area contributed by atoms with Crippen LogP contribution in [0.5, 0.6) is 0 Å². The highest BCUT2D eigenvalue weighted by atomic mass is 31.2. The van der Waals surface area contributed by atoms with Crippen LogP contribution in [-0.2, 0) is 42.2 Å². The Kier molecular flexibility index (Phi) is 52.1. The monoisotopic (exact) mass is 1010 g/mol. The predicted molar refractivity (Wildman–Crippen MR) is 289 cm³/mol. The number of unbranched alkanes of at least 4 members (excludes halogenated alkanes) is 37. The molecule has 3 unspecified atom stereocenters. The second kappa shape index (κ2) is 53.5. The van der Waals surface area contributed by atoms with Crippen molar-refractivity contribution in [2.45, 2.75) is 315 Å². The summed E-state index contributed by atoms with van der Waals surface area (Å²) < 4.78 is 39.5. The average molecular weight is 1020 g/mol. The van der Waals surface area contributed by atoms with Gasteiger partial charge in [-0.1, -0.05) is 251 Å². The molecule has 0 aromatic heterocycles. The van der Waals surface area contributed by atoms with Gasteiger partial charge in [0, 0.05) is 19.3 Å². The van der Waals surface area contributed by atoms with Crippen LogP contribution in [0, 0.1) is 0 Å². The van der Waals surface area contributed by atoms with Gasteiger partial charge >= 0.3 is 25.7 Å². The van der Waals surface area contributed by atoms with Crippen molar-refractivity contribution in [2.24, 2.45) is 0 Å². The summed E-state index contributed by atoms with van der Waals surface area (Å²) in [6.45, 7) is 4.68. The zero-order valence-corrected chi connectivity index (χ0v) is 46.7. The Balaban J connectivity index is 4.67. The molecule has 0 aliphatic carbocycles. The van der Waals surface area contributed by atoms with Crippen LogP contribution < -0.4 is 0 Å². The molecule has 0 aliphatic heterocycles. The molecule has 0 heterocycles. The third-order valence-corrected chi connectivity index (χ3v) is 14.1. The van der Waals surface area contributed by atoms with Gasteiger partial charge < -0.3 is 24.2 Å². The largest absolute Gasteiger partial charge is 0.472 e. The lowest BCUT2D eigenvalue weighted by atomic mass is 10.0. The summed E-state index contributed by atoms with van der Waals surface area (Å²) in [5, 5.41) is 9.80. The number of phosphoric acid groups is 1. The van der Waals surface area contributed by atoms with Crippen LogP contribution in [0.15, 0.2) is 12.2 Å². The molecule has 0 aliphatic rings. The van der Waals surface area contributed by atoms with Crippen molar-refractivity contribution in [1.82, 2.24) is 0 Å². The highest BCUT2D eigenvalue weighted by molar-refractivity contribution is 7.47. The van der Waals surface area contributed by atoms with Crippen molar-refractivity contribution < 1.29 is 52.2 Å². The fraction of sp³-hybridized carbons (Fsp3) is 0.914. The van der Waals surface area contributed by atoms with E-state index in [9.17, 15) is 28.9 Å². The summed E-state index contributed by atoms with van der Waals surface area (Å²) in [6.07, 6.45) is 51.6. The Bertz CT molecular complexity index is 1230. The first-order valence-corrected chi connectivity index (χ1v) is 31.1. The molecular weight excluding hydrogens is 904 g/mol. The molecule has 0 aromatic rings. The zero-order valence-electron chi connectivity index (χ0n) is 45.8. The van der Waals surface area contributed by atoms with E-state index in [4.69, 9.17) is 23.3 Å². The highest BCUT2D eigenvalue weighted by Gasteiger charge is 2.28. The number of aliphatic hydroxyl groups is 1. The van der Waals surface area contributed by atoms with Crippen LogP contribution >= 0.6 is 7.82 Å². The van der Waals surface area contributed by atoms with Gasteiger partial charge in [-0.25, -0.2) is 4.57 Å². The van der Waals surface area contributed by atoms with E-state index >= 15 is 0 Å². The normalized spacial score (nSPS) is 13.4. The van der Waals surface area contributed by atoms with E-state index in [0.29, 0.717) is 19.3 Å². The van der Waals surface area contributed by atoms with Crippen LogP contribution in [0.25, 0.3) is 0 Å². The number of esters is 3. The molecule has 0 radical (unpaired) electrons. The molecule has 0 spiro atoms. The Morgan fingerprint density at radius 3 is 1.00 bits per heavy atom. The first-order valence-electron chi connectivity index (χ1n) is 29.6. The van der Waals surface area contributed by atoms with Gasteiger partial charge in [0.05, 0.1) is 19.8 Å². The smallest absolute Gasteiger partial charge is 0.462 e. The molecule has 2 N–H and O–H groups in total. The Labute approximate surface area is 430 Å². The first-order chi connectivity index (χ1) is 34.2. The number of hydrogen-bond acceptors (Lipinski definition) is 10. The molecule has 0 rings (SSSR count). The minimum absolute atomic E-state index is 0.173. The number of carbonyl (C=O) groups is 3. The van der Waals surface area contributed by atoms with Crippen LogP contribution in [0.2, 0.25) is 0 Å². The van der Waals surface area contributed by atoms with Crippen molar-refractivity contribution in [2.75, 3.05) is 26.4 Å². The summed E-state index contributed by atoms with van der Waals surface area (Å²) in [5.41, 5.74) is 0. The van der Waals surface area contributed by atoms with E-state index in [0.717, 1.165) is 77.0 Å². The maximum Gasteiger partial charge on any atom is 0.472 e. The van der Waals surface area contributed by atoms with Crippen molar-refractivity contribution in [3.05, 3.63) is 12.2 Å². The lowest BCUT2D eigenvalue weighted by molar-refractivity contribution is -0.161. The first kappa shape index (κ1) is 68.2. The molecule has 3 atom stereocenters. The van der Waals surface area contributed by atoms with Gasteiger partial charge in [0.25, 0.3) is 0 Å². The molecule has 0 fully saturated rings. The van der Waals surface area contributed by atoms with E-state index in [1.807, 2.05) is 0 Å². The topological polar surface area (TPSA) is 155 Å². The van der Waals surface area contributed by atoms with E-state index in [-0.39, 0.29) is 25.9 Å². The second-order valence-corrected chi connectivity index (χ2v) is 21.6. The third kappa shape index (κ3) is 51.1. The summed E-state index contributed by atoms with van der Waals surface area (Å²) >= 11 is 0. The van der Waals surface area contributed by atoms with Crippen molar-refractivity contribution in [3.8, 4) is 0 Å². The van der Waals surface area contributed by atoms with Crippen LogP contribution in [0.4, 0.5) is 0 Å². The molecule has 0 amide bonds. The van der Waals surface area contributed by atoms with Crippen molar-refractivity contribution in [1.29, 1.82) is 0 Å². The lowest BCUT2D eigenvalue weighted by Gasteiger charge is -2.21. The molecular formula is C58H111O11P. The Morgan fingerprint density at radius 2 is 0.657 bits per heavy atom. The molecule has 0 aromatic carbocycles. The standard InChI is InChI=1S/C58H111O11P/c1-4-7-10-13-16-19-22-25-26-27-28-31-34-37-40-43-46-49-58(62)69-55(51-65-56(60)47-44-41-38-35-32-29-23-20-17-14-11-8-5-2)53-67-70(63,64)66-52-54(50-59)68-57(61)48-45-42-39-36-33-30-24-21-18-15-12-9-6-3/h21,24,54-55,59H,4-20,22-23,25-53H2,1-3H3,(H,63,64)/b24-21-. The second-order valence-electron chi connectivity index (χ2n) is 20.2. The highest BCUT2D eigenvalue weighted by Crippen LogP contribution is 2.43. The molecule has 12 heteroatoms. The van der Waals surface area contributed by atoms with Crippen molar-refractivity contribution >= 4 is 25.7 Å². The predicted octanol–water partition coefficient (Wildman–Crippen LogP) is 17.3. The maximum absolute atomic E-state index is 12.9. The van der Waals surface area contributed by atoms with E-state index in [1.54, 1.807) is 0 Å². The molecule has 0 saturated heterocycles. The van der Waals surface area contributed by atoms with Crippen LogP contribution in [-0.4, -0.2) is 66.5 Å². The Hall–Kier alpha value is -1.78. The number of aliphatic hydroxyl groups excluding tert-OH is 1. The van der Waals surface area contributed by atoms with E-state index in [1.165, 1.54) is 167 Å². The van der Waals surface area contributed by atoms with Gasteiger partial charge in [-0.15, -0.1) is 0 Å². The quantitative estimate of drug-likeness (QED) is 0.0197. The zero-order chi connectivity index (χ0) is 51.3. The van der Waals surface area contributed by atoms with Crippen LogP contribution in [0.3, 0.4) is 0 Å². The van der Waals surface area contributed by atoms with Gasteiger partial charge in [-0.2, -0.15) is 0 Å². The van der Waals surface area contributed by atoms with E-state index in [2.05, 4.69) is 32.9 Å². The molecule has 414 valence electrons. The summed E-state index contributed by atoms with van der Waals surface area (Å²) in [6, 6.07) is 0.